The van der Waals surface area contributed by atoms with E-state index in [-0.39, 0.29) is 18.6 Å². The van der Waals surface area contributed by atoms with E-state index in [1.165, 1.54) is 11.8 Å². The van der Waals surface area contributed by atoms with Crippen molar-refractivity contribution in [1.29, 1.82) is 0 Å². The van der Waals surface area contributed by atoms with E-state index in [1.54, 1.807) is 0 Å². The highest BCUT2D eigenvalue weighted by atomic mass is 32.2. The number of hydrogen-bond acceptors (Lipinski definition) is 6. The van der Waals surface area contributed by atoms with Crippen molar-refractivity contribution in [3.63, 3.8) is 0 Å². The van der Waals surface area contributed by atoms with E-state index in [9.17, 15) is 4.79 Å². The van der Waals surface area contributed by atoms with Crippen molar-refractivity contribution in [2.24, 2.45) is 0 Å². The summed E-state index contributed by atoms with van der Waals surface area (Å²) in [5.74, 6) is 1.42. The summed E-state index contributed by atoms with van der Waals surface area (Å²) in [6.07, 6.45) is 2.26. The molecular formula is C12H20N4O3S. The van der Waals surface area contributed by atoms with Gasteiger partial charge in [-0.2, -0.15) is 0 Å². The van der Waals surface area contributed by atoms with E-state index in [1.807, 2.05) is 6.92 Å². The fourth-order valence-electron chi connectivity index (χ4n) is 1.83. The molecule has 1 aromatic rings. The number of H-pyrrole nitrogens is 1. The molecule has 1 atom stereocenters. The highest BCUT2D eigenvalue weighted by Gasteiger charge is 2.15. The maximum atomic E-state index is 11.5. The third-order valence-corrected chi connectivity index (χ3v) is 3.64. The second-order valence-corrected chi connectivity index (χ2v) is 5.61. The summed E-state index contributed by atoms with van der Waals surface area (Å²) in [6.45, 7) is 3.81. The Bertz CT molecular complexity index is 421. The van der Waals surface area contributed by atoms with Gasteiger partial charge in [0.2, 0.25) is 11.1 Å². The standard InChI is InChI=1S/C12H20N4O3S/c1-9-14-12(16-15-9)20-6-4-13-11(17)8-18-7-10-3-2-5-19-10/h10H,2-8H2,1H3,(H,13,17)(H,14,15,16)/t10-/m1/s1. The number of nitrogens with zero attached hydrogens (tertiary/aromatic N) is 2. The van der Waals surface area contributed by atoms with Gasteiger partial charge in [-0.05, 0) is 19.8 Å². The smallest absolute Gasteiger partial charge is 0.246 e. The van der Waals surface area contributed by atoms with E-state index in [4.69, 9.17) is 9.47 Å². The second kappa shape index (κ2) is 8.23. The van der Waals surface area contributed by atoms with Gasteiger partial charge in [0.1, 0.15) is 12.4 Å². The summed E-state index contributed by atoms with van der Waals surface area (Å²) in [4.78, 5) is 15.7. The lowest BCUT2D eigenvalue weighted by Crippen LogP contribution is -2.30. The molecule has 2 heterocycles. The Labute approximate surface area is 122 Å². The van der Waals surface area contributed by atoms with Crippen LogP contribution in [0.2, 0.25) is 0 Å². The lowest BCUT2D eigenvalue weighted by molar-refractivity contribution is -0.126. The summed E-state index contributed by atoms with van der Waals surface area (Å²) < 4.78 is 10.7. The van der Waals surface area contributed by atoms with Crippen LogP contribution in [0.1, 0.15) is 18.7 Å². The summed E-state index contributed by atoms with van der Waals surface area (Å²) in [6, 6.07) is 0. The van der Waals surface area contributed by atoms with Gasteiger partial charge >= 0.3 is 0 Å². The van der Waals surface area contributed by atoms with Crippen molar-refractivity contribution in [2.75, 3.05) is 32.1 Å². The Morgan fingerprint density at radius 3 is 3.25 bits per heavy atom. The SMILES string of the molecule is Cc1nc(SCCNC(=O)COC[C@H]2CCCO2)n[nH]1. The molecule has 2 rings (SSSR count). The monoisotopic (exact) mass is 300 g/mol. The van der Waals surface area contributed by atoms with Crippen LogP contribution in [0.5, 0.6) is 0 Å². The Morgan fingerprint density at radius 2 is 2.55 bits per heavy atom. The topological polar surface area (TPSA) is 89.1 Å². The zero-order chi connectivity index (χ0) is 14.2. The van der Waals surface area contributed by atoms with Crippen LogP contribution in [0.4, 0.5) is 0 Å². The number of aryl methyl sites for hydroxylation is 1. The van der Waals surface area contributed by atoms with Gasteiger partial charge in [-0.1, -0.05) is 11.8 Å². The molecule has 0 bridgehead atoms. The van der Waals surface area contributed by atoms with Crippen molar-refractivity contribution in [1.82, 2.24) is 20.5 Å². The number of hydrogen-bond donors (Lipinski definition) is 2. The number of aromatic amines is 1. The quantitative estimate of drug-likeness (QED) is 0.537. The van der Waals surface area contributed by atoms with Crippen LogP contribution in [0, 0.1) is 6.92 Å². The number of rotatable bonds is 8. The Morgan fingerprint density at radius 1 is 1.65 bits per heavy atom. The van der Waals surface area contributed by atoms with Gasteiger partial charge in [-0.3, -0.25) is 9.89 Å². The van der Waals surface area contributed by atoms with Gasteiger partial charge in [0, 0.05) is 18.9 Å². The van der Waals surface area contributed by atoms with E-state index in [2.05, 4.69) is 20.5 Å². The number of carbonyl (C=O) groups excluding carboxylic acids is 1. The molecule has 2 N–H and O–H groups in total. The van der Waals surface area contributed by atoms with Crippen LogP contribution in [0.15, 0.2) is 5.16 Å². The van der Waals surface area contributed by atoms with Crippen molar-refractivity contribution in [3.8, 4) is 0 Å². The summed E-state index contributed by atoms with van der Waals surface area (Å²) >= 11 is 1.50. The number of aromatic nitrogens is 3. The van der Waals surface area contributed by atoms with Gasteiger partial charge in [0.15, 0.2) is 0 Å². The van der Waals surface area contributed by atoms with E-state index in [0.29, 0.717) is 18.3 Å². The molecule has 0 aliphatic carbocycles. The average Bonchev–Trinajstić information content (AvgIpc) is 3.06. The first-order valence-corrected chi connectivity index (χ1v) is 7.70. The molecule has 0 aromatic carbocycles. The van der Waals surface area contributed by atoms with Crippen LogP contribution in [-0.4, -0.2) is 59.3 Å². The number of ether oxygens (including phenoxy) is 2. The molecule has 0 unspecified atom stereocenters. The number of nitrogens with one attached hydrogen (secondary N) is 2. The van der Waals surface area contributed by atoms with Crippen molar-refractivity contribution in [3.05, 3.63) is 5.82 Å². The predicted molar refractivity (Wildman–Crippen MR) is 74.6 cm³/mol. The normalized spacial score (nSPS) is 18.4. The molecule has 1 aliphatic rings. The van der Waals surface area contributed by atoms with E-state index < -0.39 is 0 Å². The zero-order valence-corrected chi connectivity index (χ0v) is 12.4. The summed E-state index contributed by atoms with van der Waals surface area (Å²) in [5.41, 5.74) is 0. The first-order valence-electron chi connectivity index (χ1n) is 6.72. The lowest BCUT2D eigenvalue weighted by atomic mass is 10.2. The molecule has 1 aromatic heterocycles. The fourth-order valence-corrected chi connectivity index (χ4v) is 2.53. The molecule has 1 fully saturated rings. The van der Waals surface area contributed by atoms with Gasteiger partial charge in [-0.15, -0.1) is 5.10 Å². The minimum Gasteiger partial charge on any atom is -0.376 e. The van der Waals surface area contributed by atoms with Crippen LogP contribution in [-0.2, 0) is 14.3 Å². The Kier molecular flexibility index (Phi) is 6.28. The van der Waals surface area contributed by atoms with Gasteiger partial charge in [0.25, 0.3) is 0 Å². The zero-order valence-electron chi connectivity index (χ0n) is 11.6. The van der Waals surface area contributed by atoms with Gasteiger partial charge < -0.3 is 14.8 Å². The Balaban J connectivity index is 1.47. The minimum absolute atomic E-state index is 0.0876. The first kappa shape index (κ1) is 15.3. The van der Waals surface area contributed by atoms with Crippen LogP contribution >= 0.6 is 11.8 Å². The number of thioether (sulfide) groups is 1. The Hall–Kier alpha value is -1.12. The summed E-state index contributed by atoms with van der Waals surface area (Å²) in [7, 11) is 0. The third kappa shape index (κ3) is 5.48. The second-order valence-electron chi connectivity index (χ2n) is 4.55. The first-order chi connectivity index (χ1) is 9.74. The van der Waals surface area contributed by atoms with Crippen molar-refractivity contribution in [2.45, 2.75) is 31.0 Å². The van der Waals surface area contributed by atoms with E-state index in [0.717, 1.165) is 31.0 Å². The molecule has 0 radical (unpaired) electrons. The van der Waals surface area contributed by atoms with Crippen LogP contribution in [0.25, 0.3) is 0 Å². The highest BCUT2D eigenvalue weighted by molar-refractivity contribution is 7.99. The number of carbonyl (C=O) groups is 1. The maximum absolute atomic E-state index is 11.5. The molecular weight excluding hydrogens is 280 g/mol. The molecule has 8 heteroatoms. The molecule has 7 nitrogen and oxygen atoms in total. The minimum atomic E-state index is -0.102. The molecule has 1 saturated heterocycles. The lowest BCUT2D eigenvalue weighted by Gasteiger charge is -2.10. The molecule has 1 amide bonds. The van der Waals surface area contributed by atoms with Gasteiger partial charge in [-0.25, -0.2) is 4.98 Å². The van der Waals surface area contributed by atoms with Crippen molar-refractivity contribution >= 4 is 17.7 Å². The molecule has 112 valence electrons. The van der Waals surface area contributed by atoms with E-state index >= 15 is 0 Å². The molecule has 0 saturated carbocycles. The van der Waals surface area contributed by atoms with Gasteiger partial charge in [0.05, 0.1) is 12.7 Å². The van der Waals surface area contributed by atoms with Crippen LogP contribution < -0.4 is 5.32 Å². The third-order valence-electron chi connectivity index (χ3n) is 2.79. The highest BCUT2D eigenvalue weighted by Crippen LogP contribution is 2.12. The maximum Gasteiger partial charge on any atom is 0.246 e. The molecule has 0 spiro atoms. The predicted octanol–water partition coefficient (Wildman–Crippen LogP) is 0.517. The largest absolute Gasteiger partial charge is 0.376 e. The fraction of sp³-hybridized carbons (Fsp3) is 0.750. The summed E-state index contributed by atoms with van der Waals surface area (Å²) in [5, 5.41) is 10.3. The molecule has 20 heavy (non-hydrogen) atoms. The van der Waals surface area contributed by atoms with Crippen LogP contribution in [0.3, 0.4) is 0 Å². The van der Waals surface area contributed by atoms with Crippen molar-refractivity contribution < 1.29 is 14.3 Å². The number of amides is 1. The average molecular weight is 300 g/mol. The molecule has 1 aliphatic heterocycles.